The van der Waals surface area contributed by atoms with E-state index in [1.165, 1.54) is 0 Å². The van der Waals surface area contributed by atoms with Crippen LogP contribution in [0.25, 0.3) is 0 Å². The molecule has 126 valence electrons. The number of anilines is 1. The van der Waals surface area contributed by atoms with Gasteiger partial charge in [-0.2, -0.15) is 0 Å². The predicted molar refractivity (Wildman–Crippen MR) is 91.1 cm³/mol. The number of esters is 1. The van der Waals surface area contributed by atoms with Crippen molar-refractivity contribution in [1.82, 2.24) is 0 Å². The first-order valence-electron chi connectivity index (χ1n) is 7.50. The van der Waals surface area contributed by atoms with E-state index in [-0.39, 0.29) is 12.2 Å². The quantitative estimate of drug-likeness (QED) is 0.819. The molecular formula is C16H20ClNO4S. The molecule has 1 N–H and O–H groups in total. The molecule has 1 aliphatic carbocycles. The van der Waals surface area contributed by atoms with Gasteiger partial charge >= 0.3 is 5.97 Å². The number of carbonyl (C=O) groups is 1. The number of hydrogen-bond acceptors (Lipinski definition) is 4. The molecule has 7 heteroatoms. The summed E-state index contributed by atoms with van der Waals surface area (Å²) in [6.45, 7) is 3.77. The molecule has 1 aromatic carbocycles. The topological polar surface area (TPSA) is 72.5 Å². The van der Waals surface area contributed by atoms with E-state index in [1.54, 1.807) is 31.2 Å². The number of nitrogens with one attached hydrogen (secondary N) is 1. The zero-order valence-corrected chi connectivity index (χ0v) is 14.7. The normalized spacial score (nSPS) is 18.2. The Labute approximate surface area is 141 Å². The Bertz CT molecular complexity index is 728. The largest absolute Gasteiger partial charge is 0.463 e. The molecule has 0 aromatic heterocycles. The van der Waals surface area contributed by atoms with Crippen LogP contribution in [0.2, 0.25) is 5.02 Å². The standard InChI is InChI=1S/C16H20ClNO4S/c1-3-22-16(19)12-6-4-5-7-15(12)23(20,21)18-14-9-8-11(2)10-13(14)17/h6,8-10,15,18H,3-5,7H2,1-2H3. The second-order valence-corrected chi connectivity index (χ2v) is 7.70. The Morgan fingerprint density at radius 3 is 2.83 bits per heavy atom. The summed E-state index contributed by atoms with van der Waals surface area (Å²) in [7, 11) is -3.79. The van der Waals surface area contributed by atoms with Crippen LogP contribution in [-0.4, -0.2) is 26.2 Å². The number of aryl methyl sites for hydroxylation is 1. The lowest BCUT2D eigenvalue weighted by atomic mass is 9.99. The number of halogens is 1. The van der Waals surface area contributed by atoms with Crippen LogP contribution in [0, 0.1) is 6.92 Å². The first kappa shape index (κ1) is 17.8. The van der Waals surface area contributed by atoms with Gasteiger partial charge in [0.1, 0.15) is 5.25 Å². The highest BCUT2D eigenvalue weighted by molar-refractivity contribution is 7.93. The molecule has 1 atom stereocenters. The highest BCUT2D eigenvalue weighted by Crippen LogP contribution is 2.30. The third-order valence-corrected chi connectivity index (χ3v) is 5.70. The number of benzene rings is 1. The van der Waals surface area contributed by atoms with Gasteiger partial charge in [-0.05, 0) is 50.8 Å². The lowest BCUT2D eigenvalue weighted by molar-refractivity contribution is -0.138. The lowest BCUT2D eigenvalue weighted by Gasteiger charge is -2.24. The summed E-state index contributed by atoms with van der Waals surface area (Å²) in [5.74, 6) is -0.572. The van der Waals surface area contributed by atoms with Crippen LogP contribution in [0.5, 0.6) is 0 Å². The summed E-state index contributed by atoms with van der Waals surface area (Å²) >= 11 is 6.09. The molecule has 2 rings (SSSR count). The molecule has 0 fully saturated rings. The maximum Gasteiger partial charge on any atom is 0.335 e. The summed E-state index contributed by atoms with van der Waals surface area (Å²) in [6.07, 6.45) is 3.41. The van der Waals surface area contributed by atoms with Crippen molar-refractivity contribution in [2.45, 2.75) is 38.4 Å². The predicted octanol–water partition coefficient (Wildman–Crippen LogP) is 3.43. The lowest BCUT2D eigenvalue weighted by Crippen LogP contribution is -2.34. The monoisotopic (exact) mass is 357 g/mol. The van der Waals surface area contributed by atoms with Gasteiger partial charge in [0, 0.05) is 0 Å². The smallest absolute Gasteiger partial charge is 0.335 e. The van der Waals surface area contributed by atoms with Crippen LogP contribution in [0.15, 0.2) is 29.8 Å². The zero-order chi connectivity index (χ0) is 17.0. The Balaban J connectivity index is 2.28. The first-order valence-corrected chi connectivity index (χ1v) is 9.42. The van der Waals surface area contributed by atoms with Gasteiger partial charge in [-0.3, -0.25) is 4.72 Å². The third-order valence-electron chi connectivity index (χ3n) is 3.64. The highest BCUT2D eigenvalue weighted by Gasteiger charge is 2.35. The molecule has 1 aliphatic rings. The Morgan fingerprint density at radius 2 is 2.17 bits per heavy atom. The van der Waals surface area contributed by atoms with Crippen LogP contribution >= 0.6 is 11.6 Å². The van der Waals surface area contributed by atoms with Crippen molar-refractivity contribution in [1.29, 1.82) is 0 Å². The van der Waals surface area contributed by atoms with Crippen molar-refractivity contribution in [3.8, 4) is 0 Å². The van der Waals surface area contributed by atoms with Gasteiger partial charge in [-0.25, -0.2) is 13.2 Å². The summed E-state index contributed by atoms with van der Waals surface area (Å²) in [6, 6.07) is 5.07. The van der Waals surface area contributed by atoms with Crippen LogP contribution in [0.4, 0.5) is 5.69 Å². The molecule has 0 radical (unpaired) electrons. The van der Waals surface area contributed by atoms with Gasteiger partial charge in [0.2, 0.25) is 10.0 Å². The van der Waals surface area contributed by atoms with Gasteiger partial charge in [0.05, 0.1) is 22.9 Å². The Morgan fingerprint density at radius 1 is 1.43 bits per heavy atom. The summed E-state index contributed by atoms with van der Waals surface area (Å²) in [5, 5.41) is -0.598. The van der Waals surface area contributed by atoms with Gasteiger partial charge in [-0.1, -0.05) is 23.7 Å². The maximum absolute atomic E-state index is 12.7. The van der Waals surface area contributed by atoms with Crippen molar-refractivity contribution in [2.75, 3.05) is 11.3 Å². The summed E-state index contributed by atoms with van der Waals surface area (Å²) in [4.78, 5) is 12.0. The highest BCUT2D eigenvalue weighted by atomic mass is 35.5. The minimum Gasteiger partial charge on any atom is -0.463 e. The number of hydrogen-bond donors (Lipinski definition) is 1. The average molecular weight is 358 g/mol. The molecular weight excluding hydrogens is 338 g/mol. The van der Waals surface area contributed by atoms with Gasteiger partial charge in [0.25, 0.3) is 0 Å². The molecule has 0 saturated heterocycles. The number of rotatable bonds is 5. The van der Waals surface area contributed by atoms with Crippen LogP contribution in [0.1, 0.15) is 31.7 Å². The number of carbonyl (C=O) groups excluding carboxylic acids is 1. The Hall–Kier alpha value is -1.53. The fourth-order valence-electron chi connectivity index (χ4n) is 2.53. The fourth-order valence-corrected chi connectivity index (χ4v) is 4.50. The number of sulfonamides is 1. The van der Waals surface area contributed by atoms with E-state index in [0.717, 1.165) is 5.56 Å². The second kappa shape index (κ2) is 7.36. The summed E-state index contributed by atoms with van der Waals surface area (Å²) in [5.41, 5.74) is 1.45. The van der Waals surface area contributed by atoms with Crippen LogP contribution < -0.4 is 4.72 Å². The van der Waals surface area contributed by atoms with E-state index >= 15 is 0 Å². The minimum absolute atomic E-state index is 0.203. The third kappa shape index (κ3) is 4.26. The van der Waals surface area contributed by atoms with E-state index in [4.69, 9.17) is 16.3 Å². The number of allylic oxidation sites excluding steroid dienone is 1. The molecule has 0 aliphatic heterocycles. The van der Waals surface area contributed by atoms with Crippen molar-refractivity contribution < 1.29 is 17.9 Å². The number of ether oxygens (including phenoxy) is 1. The molecule has 5 nitrogen and oxygen atoms in total. The van der Waals surface area contributed by atoms with Crippen molar-refractivity contribution in [3.05, 3.63) is 40.4 Å². The van der Waals surface area contributed by atoms with E-state index in [1.807, 2.05) is 6.92 Å². The van der Waals surface area contributed by atoms with E-state index < -0.39 is 21.2 Å². The minimum atomic E-state index is -3.79. The van der Waals surface area contributed by atoms with Gasteiger partial charge in [-0.15, -0.1) is 0 Å². The van der Waals surface area contributed by atoms with Crippen LogP contribution in [-0.2, 0) is 19.6 Å². The molecule has 0 amide bonds. The molecule has 0 spiro atoms. The van der Waals surface area contributed by atoms with Crippen molar-refractivity contribution >= 4 is 33.3 Å². The summed E-state index contributed by atoms with van der Waals surface area (Å²) < 4.78 is 32.9. The fraction of sp³-hybridized carbons (Fsp3) is 0.438. The molecule has 0 saturated carbocycles. The molecule has 1 aromatic rings. The molecule has 0 bridgehead atoms. The average Bonchev–Trinajstić information content (AvgIpc) is 2.50. The second-order valence-electron chi connectivity index (χ2n) is 5.43. The van der Waals surface area contributed by atoms with Crippen molar-refractivity contribution in [3.63, 3.8) is 0 Å². The maximum atomic E-state index is 12.7. The van der Waals surface area contributed by atoms with Crippen LogP contribution in [0.3, 0.4) is 0 Å². The SMILES string of the molecule is CCOC(=O)C1=CCCCC1S(=O)(=O)Nc1ccc(C)cc1Cl. The van der Waals surface area contributed by atoms with E-state index in [2.05, 4.69) is 4.72 Å². The van der Waals surface area contributed by atoms with E-state index in [9.17, 15) is 13.2 Å². The zero-order valence-electron chi connectivity index (χ0n) is 13.1. The van der Waals surface area contributed by atoms with E-state index in [0.29, 0.717) is 30.0 Å². The molecule has 1 unspecified atom stereocenters. The van der Waals surface area contributed by atoms with Gasteiger partial charge in [0.15, 0.2) is 0 Å². The van der Waals surface area contributed by atoms with Crippen molar-refractivity contribution in [2.24, 2.45) is 0 Å². The molecule has 0 heterocycles. The van der Waals surface area contributed by atoms with Gasteiger partial charge < -0.3 is 4.74 Å². The molecule has 23 heavy (non-hydrogen) atoms. The Kier molecular flexibility index (Phi) is 5.70. The first-order chi connectivity index (χ1) is 10.8.